The fourth-order valence-corrected chi connectivity index (χ4v) is 5.02. The number of dihydropyridines is 1. The van der Waals surface area contributed by atoms with Crippen LogP contribution in [0.25, 0.3) is 0 Å². The van der Waals surface area contributed by atoms with E-state index in [-0.39, 0.29) is 18.3 Å². The lowest BCUT2D eigenvalue weighted by Gasteiger charge is -2.37. The molecule has 0 amide bonds. The Kier molecular flexibility index (Phi) is 7.48. The summed E-state index contributed by atoms with van der Waals surface area (Å²) in [6.45, 7) is 0.167. The Bertz CT molecular complexity index is 1200. The van der Waals surface area contributed by atoms with Crippen LogP contribution in [0.1, 0.15) is 35.8 Å². The number of nitrogens with one attached hydrogen (secondary N) is 1. The van der Waals surface area contributed by atoms with E-state index in [0.29, 0.717) is 46.2 Å². The Morgan fingerprint density at radius 1 is 0.971 bits per heavy atom. The van der Waals surface area contributed by atoms with Gasteiger partial charge in [-0.15, -0.1) is 0 Å². The largest absolute Gasteiger partial charge is 0.493 e. The van der Waals surface area contributed by atoms with E-state index in [9.17, 15) is 9.59 Å². The fraction of sp³-hybridized carbons (Fsp3) is 0.333. The quantitative estimate of drug-likeness (QED) is 0.563. The molecule has 0 spiro atoms. The molecule has 2 aromatic carbocycles. The Balaban J connectivity index is 1.81. The molecule has 7 nitrogen and oxygen atoms in total. The maximum absolute atomic E-state index is 13.7. The van der Waals surface area contributed by atoms with E-state index in [0.717, 1.165) is 16.8 Å². The summed E-state index contributed by atoms with van der Waals surface area (Å²) < 4.78 is 21.3. The number of ketones is 1. The molecule has 2 atom stereocenters. The molecule has 35 heavy (non-hydrogen) atoms. The minimum atomic E-state index is -0.583. The summed E-state index contributed by atoms with van der Waals surface area (Å²) in [4.78, 5) is 26.6. The van der Waals surface area contributed by atoms with Crippen LogP contribution >= 0.6 is 11.6 Å². The van der Waals surface area contributed by atoms with Gasteiger partial charge < -0.3 is 24.3 Å². The van der Waals surface area contributed by atoms with Crippen LogP contribution in [0.15, 0.2) is 65.0 Å². The van der Waals surface area contributed by atoms with Gasteiger partial charge in [-0.2, -0.15) is 0 Å². The lowest BCUT2D eigenvalue weighted by molar-refractivity contribution is -0.136. The first-order valence-electron chi connectivity index (χ1n) is 11.2. The van der Waals surface area contributed by atoms with Crippen LogP contribution in [0.3, 0.4) is 0 Å². The summed E-state index contributed by atoms with van der Waals surface area (Å²) in [7, 11) is 6.07. The smallest absolute Gasteiger partial charge is 0.336 e. The highest BCUT2D eigenvalue weighted by Gasteiger charge is 2.42. The van der Waals surface area contributed by atoms with E-state index >= 15 is 0 Å². The molecule has 1 aliphatic carbocycles. The first-order chi connectivity index (χ1) is 16.9. The van der Waals surface area contributed by atoms with E-state index in [1.165, 1.54) is 7.11 Å². The fourth-order valence-electron chi connectivity index (χ4n) is 4.89. The van der Waals surface area contributed by atoms with Crippen LogP contribution in [0.5, 0.6) is 11.5 Å². The molecule has 184 valence electrons. The molecule has 2 aromatic rings. The van der Waals surface area contributed by atoms with Crippen molar-refractivity contribution in [3.8, 4) is 11.5 Å². The summed E-state index contributed by atoms with van der Waals surface area (Å²) in [5.74, 6) is 0.0517. The van der Waals surface area contributed by atoms with Crippen molar-refractivity contribution in [2.75, 3.05) is 35.0 Å². The third-order valence-corrected chi connectivity index (χ3v) is 6.74. The van der Waals surface area contributed by atoms with E-state index in [1.807, 2.05) is 30.3 Å². The van der Waals surface area contributed by atoms with Gasteiger partial charge in [0.05, 0.1) is 39.2 Å². The average molecular weight is 498 g/mol. The van der Waals surface area contributed by atoms with Crippen molar-refractivity contribution < 1.29 is 28.5 Å². The number of ether oxygens (including phenoxy) is 4. The molecule has 1 heterocycles. The van der Waals surface area contributed by atoms with Crippen molar-refractivity contribution in [2.45, 2.75) is 24.7 Å². The Morgan fingerprint density at radius 2 is 1.66 bits per heavy atom. The molecule has 4 rings (SSSR count). The van der Waals surface area contributed by atoms with Crippen LogP contribution in [0.4, 0.5) is 0 Å². The zero-order valence-electron chi connectivity index (χ0n) is 20.1. The minimum absolute atomic E-state index is 0.0312. The summed E-state index contributed by atoms with van der Waals surface area (Å²) in [5, 5.41) is 3.92. The van der Waals surface area contributed by atoms with Gasteiger partial charge in [-0.3, -0.25) is 4.79 Å². The van der Waals surface area contributed by atoms with E-state index in [2.05, 4.69) is 5.32 Å². The molecule has 2 aliphatic rings. The number of allylic oxidation sites excluding steroid dienone is 2. The van der Waals surface area contributed by atoms with Crippen molar-refractivity contribution in [1.29, 1.82) is 0 Å². The summed E-state index contributed by atoms with van der Waals surface area (Å²) in [6, 6.07) is 12.9. The highest BCUT2D eigenvalue weighted by Crippen LogP contribution is 2.46. The summed E-state index contributed by atoms with van der Waals surface area (Å²) >= 11 is 6.12. The highest BCUT2D eigenvalue weighted by atomic mass is 35.5. The number of hydrogen-bond acceptors (Lipinski definition) is 7. The Labute approximate surface area is 209 Å². The number of hydrogen-bond donors (Lipinski definition) is 1. The third kappa shape index (κ3) is 4.79. The van der Waals surface area contributed by atoms with Crippen molar-refractivity contribution in [1.82, 2.24) is 5.32 Å². The Hall–Kier alpha value is -3.29. The van der Waals surface area contributed by atoms with Gasteiger partial charge in [0.1, 0.15) is 0 Å². The first-order valence-corrected chi connectivity index (χ1v) is 11.6. The number of halogens is 1. The predicted molar refractivity (Wildman–Crippen MR) is 132 cm³/mol. The SMILES string of the molecule is COCC1=C(C(=O)OC)C(c2ccc(Cl)cc2)C2=C(CC(c3ccc(OC)c(OC)c3)CC2=O)N1. The summed E-state index contributed by atoms with van der Waals surface area (Å²) in [6.07, 6.45) is 0.885. The third-order valence-electron chi connectivity index (χ3n) is 6.49. The van der Waals surface area contributed by atoms with Crippen molar-refractivity contribution in [3.63, 3.8) is 0 Å². The molecular formula is C27H28ClNO6. The van der Waals surface area contributed by atoms with Gasteiger partial charge in [0.25, 0.3) is 0 Å². The van der Waals surface area contributed by atoms with Gasteiger partial charge in [-0.05, 0) is 47.7 Å². The van der Waals surface area contributed by atoms with E-state index < -0.39 is 11.9 Å². The van der Waals surface area contributed by atoms with Crippen molar-refractivity contribution in [2.24, 2.45) is 0 Å². The monoisotopic (exact) mass is 497 g/mol. The molecule has 8 heteroatoms. The maximum Gasteiger partial charge on any atom is 0.336 e. The zero-order chi connectivity index (χ0) is 25.1. The molecule has 0 aromatic heterocycles. The minimum Gasteiger partial charge on any atom is -0.493 e. The standard InChI is InChI=1S/C27H28ClNO6/c1-32-14-20-26(27(31)35-4)24(15-5-8-18(28)9-6-15)25-19(29-20)11-17(12-21(25)30)16-7-10-22(33-2)23(13-16)34-3/h5-10,13,17,24,29H,11-12,14H2,1-4H3. The number of carbonyl (C=O) groups excluding carboxylic acids is 2. The molecule has 1 aliphatic heterocycles. The number of benzene rings is 2. The van der Waals surface area contributed by atoms with Crippen LogP contribution in [0.2, 0.25) is 5.02 Å². The van der Waals surface area contributed by atoms with Gasteiger partial charge in [0.2, 0.25) is 0 Å². The molecule has 0 bridgehead atoms. The second-order valence-corrected chi connectivity index (χ2v) is 8.90. The molecule has 1 N–H and O–H groups in total. The lowest BCUT2D eigenvalue weighted by Crippen LogP contribution is -2.37. The number of methoxy groups -OCH3 is 4. The van der Waals surface area contributed by atoms with Gasteiger partial charge in [0, 0.05) is 35.7 Å². The molecule has 0 fully saturated rings. The summed E-state index contributed by atoms with van der Waals surface area (Å²) in [5.41, 5.74) is 4.07. The molecule has 0 saturated carbocycles. The van der Waals surface area contributed by atoms with Gasteiger partial charge in [-0.1, -0.05) is 29.8 Å². The van der Waals surface area contributed by atoms with Crippen LogP contribution in [0, 0.1) is 0 Å². The molecule has 0 saturated heterocycles. The number of carbonyl (C=O) groups is 2. The van der Waals surface area contributed by atoms with Crippen LogP contribution in [-0.2, 0) is 19.1 Å². The van der Waals surface area contributed by atoms with E-state index in [4.69, 9.17) is 30.5 Å². The van der Waals surface area contributed by atoms with Gasteiger partial charge in [-0.25, -0.2) is 4.79 Å². The highest BCUT2D eigenvalue weighted by molar-refractivity contribution is 6.30. The first kappa shape index (κ1) is 24.8. The van der Waals surface area contributed by atoms with Gasteiger partial charge >= 0.3 is 5.97 Å². The lowest BCUT2D eigenvalue weighted by atomic mass is 9.71. The van der Waals surface area contributed by atoms with Gasteiger partial charge in [0.15, 0.2) is 17.3 Å². The normalized spacial score (nSPS) is 19.7. The topological polar surface area (TPSA) is 83.1 Å². The van der Waals surface area contributed by atoms with Crippen LogP contribution < -0.4 is 14.8 Å². The number of Topliss-reactive ketones (excluding diaryl/α,β-unsaturated/α-hetero) is 1. The zero-order valence-corrected chi connectivity index (χ0v) is 20.9. The van der Waals surface area contributed by atoms with Crippen LogP contribution in [-0.4, -0.2) is 46.8 Å². The molecule has 2 unspecified atom stereocenters. The Morgan fingerprint density at radius 3 is 2.29 bits per heavy atom. The molecular weight excluding hydrogens is 470 g/mol. The average Bonchev–Trinajstić information content (AvgIpc) is 2.87. The molecule has 0 radical (unpaired) electrons. The number of esters is 1. The predicted octanol–water partition coefficient (Wildman–Crippen LogP) is 4.52. The second kappa shape index (κ2) is 10.5. The second-order valence-electron chi connectivity index (χ2n) is 8.46. The maximum atomic E-state index is 13.7. The van der Waals surface area contributed by atoms with Crippen molar-refractivity contribution in [3.05, 3.63) is 81.2 Å². The number of rotatable bonds is 7. The van der Waals surface area contributed by atoms with Crippen molar-refractivity contribution >= 4 is 23.4 Å². The van der Waals surface area contributed by atoms with E-state index in [1.54, 1.807) is 33.5 Å².